The predicted octanol–water partition coefficient (Wildman–Crippen LogP) is 4.44. The number of aryl methyl sites for hydroxylation is 1. The van der Waals surface area contributed by atoms with Crippen LogP contribution in [-0.2, 0) is 6.42 Å². The third-order valence-corrected chi connectivity index (χ3v) is 3.70. The molecule has 2 aromatic heterocycles. The van der Waals surface area contributed by atoms with Gasteiger partial charge in [0, 0.05) is 6.42 Å². The van der Waals surface area contributed by atoms with Gasteiger partial charge in [-0.3, -0.25) is 4.79 Å². The maximum absolute atomic E-state index is 12.1. The molecule has 0 N–H and O–H groups in total. The molecule has 16 heavy (non-hydrogen) atoms. The Morgan fingerprint density at radius 2 is 2.19 bits per heavy atom. The van der Waals surface area contributed by atoms with Crippen LogP contribution in [0.1, 0.15) is 28.6 Å². The van der Waals surface area contributed by atoms with E-state index in [1.165, 1.54) is 17.6 Å². The molecule has 0 fully saturated rings. The second-order valence-corrected chi connectivity index (χ2v) is 5.46. The topological polar surface area (TPSA) is 30.2 Å². The van der Waals surface area contributed by atoms with Crippen molar-refractivity contribution in [3.63, 3.8) is 0 Å². The summed E-state index contributed by atoms with van der Waals surface area (Å²) in [7, 11) is 0. The van der Waals surface area contributed by atoms with Crippen LogP contribution in [0.2, 0.25) is 8.67 Å². The van der Waals surface area contributed by atoms with Crippen molar-refractivity contribution < 1.29 is 9.21 Å². The van der Waals surface area contributed by atoms with Gasteiger partial charge in [-0.15, -0.1) is 11.3 Å². The monoisotopic (exact) mass is 274 g/mol. The number of rotatable bonds is 3. The molecule has 0 aliphatic carbocycles. The van der Waals surface area contributed by atoms with Gasteiger partial charge in [-0.1, -0.05) is 30.1 Å². The molecule has 0 aliphatic heterocycles. The molecule has 5 heteroatoms. The SMILES string of the molecule is CCc1occc1C(=O)c1cc(Cl)sc1Cl. The van der Waals surface area contributed by atoms with Gasteiger partial charge in [0.1, 0.15) is 10.1 Å². The van der Waals surface area contributed by atoms with Crippen molar-refractivity contribution in [1.82, 2.24) is 0 Å². The van der Waals surface area contributed by atoms with Crippen molar-refractivity contribution in [3.8, 4) is 0 Å². The summed E-state index contributed by atoms with van der Waals surface area (Å²) in [6.45, 7) is 1.93. The largest absolute Gasteiger partial charge is 0.469 e. The van der Waals surface area contributed by atoms with Crippen molar-refractivity contribution in [1.29, 1.82) is 0 Å². The minimum atomic E-state index is -0.140. The number of ketones is 1. The average Bonchev–Trinajstić information content (AvgIpc) is 2.83. The molecule has 2 aromatic rings. The number of furan rings is 1. The van der Waals surface area contributed by atoms with E-state index in [0.717, 1.165) is 0 Å². The Morgan fingerprint density at radius 1 is 1.44 bits per heavy atom. The maximum Gasteiger partial charge on any atom is 0.198 e. The number of thiophene rings is 1. The van der Waals surface area contributed by atoms with Crippen molar-refractivity contribution in [2.45, 2.75) is 13.3 Å². The Hall–Kier alpha value is -0.770. The first-order chi connectivity index (χ1) is 7.63. The molecule has 0 radical (unpaired) electrons. The Balaban J connectivity index is 2.43. The number of carbonyl (C=O) groups excluding carboxylic acids is 1. The first kappa shape index (κ1) is 11.7. The van der Waals surface area contributed by atoms with Crippen LogP contribution < -0.4 is 0 Å². The van der Waals surface area contributed by atoms with Crippen LogP contribution in [0.15, 0.2) is 22.8 Å². The van der Waals surface area contributed by atoms with E-state index >= 15 is 0 Å². The molecule has 0 aliphatic rings. The van der Waals surface area contributed by atoms with Crippen LogP contribution in [0.4, 0.5) is 0 Å². The Kier molecular flexibility index (Phi) is 3.38. The summed E-state index contributed by atoms with van der Waals surface area (Å²) in [5.74, 6) is 0.530. The van der Waals surface area contributed by atoms with Gasteiger partial charge in [-0.25, -0.2) is 0 Å². The fourth-order valence-corrected chi connectivity index (χ4v) is 2.92. The Labute approximate surface area is 107 Å². The predicted molar refractivity (Wildman–Crippen MR) is 65.9 cm³/mol. The lowest BCUT2D eigenvalue weighted by Gasteiger charge is -1.98. The lowest BCUT2D eigenvalue weighted by molar-refractivity contribution is 0.103. The van der Waals surface area contributed by atoms with E-state index in [-0.39, 0.29) is 5.78 Å². The summed E-state index contributed by atoms with van der Waals surface area (Å²) < 4.78 is 6.13. The van der Waals surface area contributed by atoms with Crippen molar-refractivity contribution in [2.24, 2.45) is 0 Å². The van der Waals surface area contributed by atoms with Crippen molar-refractivity contribution in [3.05, 3.63) is 44.0 Å². The van der Waals surface area contributed by atoms with E-state index in [2.05, 4.69) is 0 Å². The van der Waals surface area contributed by atoms with Crippen LogP contribution >= 0.6 is 34.5 Å². The van der Waals surface area contributed by atoms with Crippen LogP contribution in [0, 0.1) is 0 Å². The highest BCUT2D eigenvalue weighted by molar-refractivity contribution is 7.20. The zero-order chi connectivity index (χ0) is 11.7. The Bertz CT molecular complexity index is 528. The van der Waals surface area contributed by atoms with E-state index in [0.29, 0.717) is 32.0 Å². The lowest BCUT2D eigenvalue weighted by Crippen LogP contribution is -2.01. The molecule has 84 valence electrons. The van der Waals surface area contributed by atoms with Gasteiger partial charge in [0.05, 0.1) is 21.7 Å². The summed E-state index contributed by atoms with van der Waals surface area (Å²) in [6, 6.07) is 3.24. The van der Waals surface area contributed by atoms with E-state index in [1.807, 2.05) is 6.92 Å². The third kappa shape index (κ3) is 2.03. The molecule has 0 amide bonds. The van der Waals surface area contributed by atoms with E-state index in [9.17, 15) is 4.79 Å². The fourth-order valence-electron chi connectivity index (χ4n) is 1.46. The van der Waals surface area contributed by atoms with Crippen molar-refractivity contribution in [2.75, 3.05) is 0 Å². The number of carbonyl (C=O) groups is 1. The van der Waals surface area contributed by atoms with Crippen molar-refractivity contribution >= 4 is 40.3 Å². The summed E-state index contributed by atoms with van der Waals surface area (Å²) >= 11 is 12.9. The smallest absolute Gasteiger partial charge is 0.198 e. The van der Waals surface area contributed by atoms with Gasteiger partial charge >= 0.3 is 0 Å². The molecule has 2 nitrogen and oxygen atoms in total. The Morgan fingerprint density at radius 3 is 2.75 bits per heavy atom. The zero-order valence-corrected chi connectivity index (χ0v) is 10.7. The van der Waals surface area contributed by atoms with Gasteiger partial charge in [0.15, 0.2) is 5.78 Å². The summed E-state index contributed by atoms with van der Waals surface area (Å²) in [5, 5.41) is 0. The van der Waals surface area contributed by atoms with E-state index in [1.54, 1.807) is 12.1 Å². The third-order valence-electron chi connectivity index (χ3n) is 2.21. The number of hydrogen-bond donors (Lipinski definition) is 0. The molecule has 0 bridgehead atoms. The molecule has 0 aromatic carbocycles. The standard InChI is InChI=1S/C11H8Cl2O2S/c1-2-8-6(3-4-15-8)10(14)7-5-9(12)16-11(7)13/h3-5H,2H2,1H3. The molecule has 2 heterocycles. The lowest BCUT2D eigenvalue weighted by atomic mass is 10.1. The summed E-state index contributed by atoms with van der Waals surface area (Å²) in [5.41, 5.74) is 0.992. The molecule has 0 atom stereocenters. The van der Waals surface area contributed by atoms with Gasteiger partial charge in [-0.2, -0.15) is 0 Å². The summed E-state index contributed by atoms with van der Waals surface area (Å²) in [4.78, 5) is 12.1. The molecule has 0 spiro atoms. The summed E-state index contributed by atoms with van der Waals surface area (Å²) in [6.07, 6.45) is 2.18. The van der Waals surface area contributed by atoms with Crippen LogP contribution in [0.25, 0.3) is 0 Å². The fraction of sp³-hybridized carbons (Fsp3) is 0.182. The van der Waals surface area contributed by atoms with Gasteiger partial charge in [0.25, 0.3) is 0 Å². The normalized spacial score (nSPS) is 10.7. The van der Waals surface area contributed by atoms with E-state index in [4.69, 9.17) is 27.6 Å². The molecule has 0 unspecified atom stereocenters. The highest BCUT2D eigenvalue weighted by Gasteiger charge is 2.20. The number of halogens is 2. The first-order valence-electron chi connectivity index (χ1n) is 4.69. The highest BCUT2D eigenvalue weighted by atomic mass is 35.5. The second kappa shape index (κ2) is 4.62. The molecular weight excluding hydrogens is 267 g/mol. The van der Waals surface area contributed by atoms with Gasteiger partial charge < -0.3 is 4.42 Å². The highest BCUT2D eigenvalue weighted by Crippen LogP contribution is 2.33. The molecule has 0 saturated carbocycles. The van der Waals surface area contributed by atoms with Gasteiger partial charge in [-0.05, 0) is 12.1 Å². The van der Waals surface area contributed by atoms with Crippen LogP contribution in [-0.4, -0.2) is 5.78 Å². The molecular formula is C11H8Cl2O2S. The van der Waals surface area contributed by atoms with Crippen LogP contribution in [0.5, 0.6) is 0 Å². The molecule has 0 saturated heterocycles. The first-order valence-corrected chi connectivity index (χ1v) is 6.26. The van der Waals surface area contributed by atoms with Gasteiger partial charge in [0.2, 0.25) is 0 Å². The van der Waals surface area contributed by atoms with Crippen LogP contribution in [0.3, 0.4) is 0 Å². The van der Waals surface area contributed by atoms with E-state index < -0.39 is 0 Å². The average molecular weight is 275 g/mol. The number of hydrogen-bond acceptors (Lipinski definition) is 3. The minimum absolute atomic E-state index is 0.140. The maximum atomic E-state index is 12.1. The molecule has 2 rings (SSSR count). The second-order valence-electron chi connectivity index (χ2n) is 3.18. The zero-order valence-electron chi connectivity index (χ0n) is 8.42. The minimum Gasteiger partial charge on any atom is -0.469 e. The quantitative estimate of drug-likeness (QED) is 0.775.